The first-order valence-electron chi connectivity index (χ1n) is 7.98. The number of hydrogen-bond donors (Lipinski definition) is 2. The van der Waals surface area contributed by atoms with E-state index in [1.54, 1.807) is 13.2 Å². The van der Waals surface area contributed by atoms with Crippen molar-refractivity contribution in [2.75, 3.05) is 7.11 Å². The molecule has 0 radical (unpaired) electrons. The Morgan fingerprint density at radius 1 is 1.04 bits per heavy atom. The standard InChI is InChI=1S/C19H21N3O2/c1-12(14-8-5-7-11-17(14)24-3)20-13(2)18-21-16-10-6-4-9-15(16)19(23)22-18/h4-13,20H,1-3H3,(H,21,22,23). The van der Waals surface area contributed by atoms with E-state index in [4.69, 9.17) is 4.74 Å². The fraction of sp³-hybridized carbons (Fsp3) is 0.263. The van der Waals surface area contributed by atoms with Crippen LogP contribution in [0.15, 0.2) is 53.3 Å². The van der Waals surface area contributed by atoms with E-state index >= 15 is 0 Å². The van der Waals surface area contributed by atoms with Crippen LogP contribution >= 0.6 is 0 Å². The summed E-state index contributed by atoms with van der Waals surface area (Å²) in [5.74, 6) is 1.46. The van der Waals surface area contributed by atoms with Crippen LogP contribution in [-0.4, -0.2) is 17.1 Å². The van der Waals surface area contributed by atoms with Gasteiger partial charge in [-0.2, -0.15) is 0 Å². The van der Waals surface area contributed by atoms with E-state index in [1.165, 1.54) is 0 Å². The molecule has 0 aliphatic carbocycles. The summed E-state index contributed by atoms with van der Waals surface area (Å²) in [6, 6.07) is 15.2. The number of aromatic nitrogens is 2. The van der Waals surface area contributed by atoms with E-state index in [-0.39, 0.29) is 17.6 Å². The number of H-pyrrole nitrogens is 1. The molecule has 0 fully saturated rings. The zero-order valence-electron chi connectivity index (χ0n) is 14.0. The van der Waals surface area contributed by atoms with E-state index in [1.807, 2.05) is 49.4 Å². The average Bonchev–Trinajstić information content (AvgIpc) is 2.61. The van der Waals surface area contributed by atoms with Crippen molar-refractivity contribution in [2.24, 2.45) is 0 Å². The van der Waals surface area contributed by atoms with Crippen LogP contribution in [0.3, 0.4) is 0 Å². The molecule has 2 atom stereocenters. The van der Waals surface area contributed by atoms with E-state index in [9.17, 15) is 4.79 Å². The van der Waals surface area contributed by atoms with E-state index < -0.39 is 0 Å². The minimum absolute atomic E-state index is 0.0490. The Hall–Kier alpha value is -2.66. The van der Waals surface area contributed by atoms with Gasteiger partial charge in [-0.1, -0.05) is 30.3 Å². The molecule has 2 N–H and O–H groups in total. The summed E-state index contributed by atoms with van der Waals surface area (Å²) in [5, 5.41) is 4.07. The number of methoxy groups -OCH3 is 1. The van der Waals surface area contributed by atoms with Gasteiger partial charge >= 0.3 is 0 Å². The molecule has 0 saturated heterocycles. The van der Waals surface area contributed by atoms with E-state index in [0.29, 0.717) is 16.7 Å². The number of ether oxygens (including phenoxy) is 1. The number of para-hydroxylation sites is 2. The van der Waals surface area contributed by atoms with E-state index in [2.05, 4.69) is 22.2 Å². The van der Waals surface area contributed by atoms with Crippen LogP contribution in [0.25, 0.3) is 10.9 Å². The van der Waals surface area contributed by atoms with Crippen molar-refractivity contribution in [2.45, 2.75) is 25.9 Å². The number of fused-ring (bicyclic) bond motifs is 1. The highest BCUT2D eigenvalue weighted by atomic mass is 16.5. The fourth-order valence-corrected chi connectivity index (χ4v) is 2.88. The lowest BCUT2D eigenvalue weighted by Gasteiger charge is -2.21. The van der Waals surface area contributed by atoms with Crippen molar-refractivity contribution in [3.05, 3.63) is 70.3 Å². The first-order valence-corrected chi connectivity index (χ1v) is 7.98. The van der Waals surface area contributed by atoms with Crippen LogP contribution in [-0.2, 0) is 0 Å². The number of hydrogen-bond acceptors (Lipinski definition) is 4. The van der Waals surface area contributed by atoms with Gasteiger partial charge in [0.15, 0.2) is 0 Å². The zero-order valence-corrected chi connectivity index (χ0v) is 14.0. The lowest BCUT2D eigenvalue weighted by Crippen LogP contribution is -2.26. The van der Waals surface area contributed by atoms with Crippen molar-refractivity contribution in [1.29, 1.82) is 0 Å². The lowest BCUT2D eigenvalue weighted by atomic mass is 10.1. The van der Waals surface area contributed by atoms with Gasteiger partial charge in [-0.25, -0.2) is 4.98 Å². The van der Waals surface area contributed by atoms with Crippen LogP contribution in [0.4, 0.5) is 0 Å². The Morgan fingerprint density at radius 2 is 1.75 bits per heavy atom. The highest BCUT2D eigenvalue weighted by Crippen LogP contribution is 2.26. The molecular formula is C19H21N3O2. The summed E-state index contributed by atoms with van der Waals surface area (Å²) in [6.45, 7) is 4.05. The molecule has 124 valence electrons. The number of nitrogens with one attached hydrogen (secondary N) is 2. The molecule has 24 heavy (non-hydrogen) atoms. The summed E-state index contributed by atoms with van der Waals surface area (Å²) in [4.78, 5) is 19.7. The largest absolute Gasteiger partial charge is 0.496 e. The molecule has 0 bridgehead atoms. The van der Waals surface area contributed by atoms with Gasteiger partial charge in [-0.05, 0) is 32.0 Å². The Kier molecular flexibility index (Phi) is 4.62. The predicted octanol–water partition coefficient (Wildman–Crippen LogP) is 3.34. The molecule has 2 aromatic carbocycles. The van der Waals surface area contributed by atoms with Crippen LogP contribution in [0.5, 0.6) is 5.75 Å². The van der Waals surface area contributed by atoms with Crippen molar-refractivity contribution in [3.63, 3.8) is 0 Å². The molecule has 5 heteroatoms. The molecule has 3 rings (SSSR count). The zero-order chi connectivity index (χ0) is 17.1. The van der Waals surface area contributed by atoms with Gasteiger partial charge in [0.1, 0.15) is 11.6 Å². The van der Waals surface area contributed by atoms with Gasteiger partial charge < -0.3 is 15.0 Å². The molecule has 0 aliphatic rings. The maximum absolute atomic E-state index is 12.2. The normalized spacial score (nSPS) is 13.6. The maximum atomic E-state index is 12.2. The molecule has 0 spiro atoms. The second-order valence-corrected chi connectivity index (χ2v) is 5.82. The van der Waals surface area contributed by atoms with Gasteiger partial charge in [0.2, 0.25) is 0 Å². The van der Waals surface area contributed by atoms with Gasteiger partial charge in [-0.3, -0.25) is 4.79 Å². The predicted molar refractivity (Wildman–Crippen MR) is 95.3 cm³/mol. The minimum Gasteiger partial charge on any atom is -0.496 e. The second kappa shape index (κ2) is 6.84. The van der Waals surface area contributed by atoms with Crippen molar-refractivity contribution >= 4 is 10.9 Å². The molecule has 0 amide bonds. The molecule has 1 heterocycles. The first kappa shape index (κ1) is 16.2. The second-order valence-electron chi connectivity index (χ2n) is 5.82. The quantitative estimate of drug-likeness (QED) is 0.756. The summed E-state index contributed by atoms with van der Waals surface area (Å²) < 4.78 is 5.42. The first-order chi connectivity index (χ1) is 11.6. The number of benzene rings is 2. The van der Waals surface area contributed by atoms with Gasteiger partial charge in [0.25, 0.3) is 5.56 Å². The number of rotatable bonds is 5. The molecular weight excluding hydrogens is 302 g/mol. The molecule has 0 aliphatic heterocycles. The molecule has 1 aromatic heterocycles. The Morgan fingerprint density at radius 3 is 2.54 bits per heavy atom. The van der Waals surface area contributed by atoms with Crippen molar-refractivity contribution in [1.82, 2.24) is 15.3 Å². The third-order valence-electron chi connectivity index (χ3n) is 4.15. The third kappa shape index (κ3) is 3.16. The Bertz CT molecular complexity index is 904. The van der Waals surface area contributed by atoms with Crippen LogP contribution in [0.1, 0.15) is 37.3 Å². The Labute approximate surface area is 140 Å². The smallest absolute Gasteiger partial charge is 0.258 e. The molecule has 0 saturated carbocycles. The number of aromatic amines is 1. The summed E-state index contributed by atoms with van der Waals surface area (Å²) in [5.41, 5.74) is 1.65. The average molecular weight is 323 g/mol. The number of nitrogens with zero attached hydrogens (tertiary/aromatic N) is 1. The minimum atomic E-state index is -0.116. The summed E-state index contributed by atoms with van der Waals surface area (Å²) in [7, 11) is 1.66. The third-order valence-corrected chi connectivity index (χ3v) is 4.15. The van der Waals surface area contributed by atoms with Crippen LogP contribution < -0.4 is 15.6 Å². The molecule has 5 nitrogen and oxygen atoms in total. The van der Waals surface area contributed by atoms with Crippen molar-refractivity contribution < 1.29 is 4.74 Å². The molecule has 3 aromatic rings. The Balaban J connectivity index is 1.87. The van der Waals surface area contributed by atoms with Crippen molar-refractivity contribution in [3.8, 4) is 5.75 Å². The van der Waals surface area contributed by atoms with Gasteiger partial charge in [0, 0.05) is 11.6 Å². The van der Waals surface area contributed by atoms with Gasteiger partial charge in [0.05, 0.1) is 24.1 Å². The summed E-state index contributed by atoms with van der Waals surface area (Å²) in [6.07, 6.45) is 0. The van der Waals surface area contributed by atoms with Crippen LogP contribution in [0.2, 0.25) is 0 Å². The van der Waals surface area contributed by atoms with Gasteiger partial charge in [-0.15, -0.1) is 0 Å². The maximum Gasteiger partial charge on any atom is 0.258 e. The van der Waals surface area contributed by atoms with E-state index in [0.717, 1.165) is 11.3 Å². The highest BCUT2D eigenvalue weighted by molar-refractivity contribution is 5.77. The monoisotopic (exact) mass is 323 g/mol. The summed E-state index contributed by atoms with van der Waals surface area (Å²) >= 11 is 0. The molecule has 2 unspecified atom stereocenters. The fourth-order valence-electron chi connectivity index (χ4n) is 2.88. The SMILES string of the molecule is COc1ccccc1C(C)NC(C)c1nc2ccccc2c(=O)[nH]1. The topological polar surface area (TPSA) is 67.0 Å². The lowest BCUT2D eigenvalue weighted by molar-refractivity contribution is 0.395. The highest BCUT2D eigenvalue weighted by Gasteiger charge is 2.16. The van der Waals surface area contributed by atoms with Crippen LogP contribution in [0, 0.1) is 0 Å².